The number of H-pyrrole nitrogens is 1. The van der Waals surface area contributed by atoms with Gasteiger partial charge < -0.3 is 24.5 Å². The third-order valence-corrected chi connectivity index (χ3v) is 4.86. The Morgan fingerprint density at radius 3 is 2.61 bits per heavy atom. The molecule has 0 fully saturated rings. The average Bonchev–Trinajstić information content (AvgIpc) is 3.30. The molecule has 0 atom stereocenters. The van der Waals surface area contributed by atoms with Crippen LogP contribution >= 0.6 is 0 Å². The van der Waals surface area contributed by atoms with Crippen LogP contribution in [0.1, 0.15) is 12.1 Å². The molecule has 0 bridgehead atoms. The lowest BCUT2D eigenvalue weighted by Gasteiger charge is -2.14. The number of aliphatic carboxylic acids is 1. The Balaban J connectivity index is 1.85. The van der Waals surface area contributed by atoms with E-state index in [9.17, 15) is 9.90 Å². The van der Waals surface area contributed by atoms with Crippen LogP contribution in [-0.2, 0) is 11.2 Å². The van der Waals surface area contributed by atoms with Gasteiger partial charge >= 0.3 is 5.97 Å². The first-order valence-corrected chi connectivity index (χ1v) is 8.94. The van der Waals surface area contributed by atoms with E-state index in [0.29, 0.717) is 6.42 Å². The van der Waals surface area contributed by atoms with Crippen molar-refractivity contribution in [1.82, 2.24) is 9.55 Å². The topological polar surface area (TPSA) is 87.5 Å². The van der Waals surface area contributed by atoms with Crippen LogP contribution in [0.3, 0.4) is 0 Å². The summed E-state index contributed by atoms with van der Waals surface area (Å²) in [5.41, 5.74) is 3.77. The SMILES string of the molecule is COc1ccc(-c2ccc(CCC(=O)O)n2-c2ccc3c(O)[nH]cc3c2)cc1. The van der Waals surface area contributed by atoms with Gasteiger partial charge in [0.1, 0.15) is 5.75 Å². The van der Waals surface area contributed by atoms with Gasteiger partial charge in [0.2, 0.25) is 0 Å². The third-order valence-electron chi connectivity index (χ3n) is 4.86. The molecule has 28 heavy (non-hydrogen) atoms. The number of aryl methyl sites for hydroxylation is 1. The zero-order valence-corrected chi connectivity index (χ0v) is 15.3. The van der Waals surface area contributed by atoms with Crippen LogP contribution in [0.5, 0.6) is 11.6 Å². The number of nitrogens with one attached hydrogen (secondary N) is 1. The molecule has 2 heterocycles. The summed E-state index contributed by atoms with van der Waals surface area (Å²) in [7, 11) is 1.63. The fraction of sp³-hybridized carbons (Fsp3) is 0.136. The van der Waals surface area contributed by atoms with E-state index in [-0.39, 0.29) is 12.3 Å². The second-order valence-electron chi connectivity index (χ2n) is 6.58. The summed E-state index contributed by atoms with van der Waals surface area (Å²) in [6.07, 6.45) is 2.23. The Morgan fingerprint density at radius 2 is 1.89 bits per heavy atom. The van der Waals surface area contributed by atoms with Gasteiger partial charge in [-0.3, -0.25) is 4.79 Å². The van der Waals surface area contributed by atoms with E-state index in [4.69, 9.17) is 9.84 Å². The predicted molar refractivity (Wildman–Crippen MR) is 107 cm³/mol. The maximum absolute atomic E-state index is 11.1. The number of methoxy groups -OCH3 is 1. The van der Waals surface area contributed by atoms with E-state index in [0.717, 1.165) is 39.2 Å². The molecule has 0 unspecified atom stereocenters. The molecule has 0 radical (unpaired) electrons. The van der Waals surface area contributed by atoms with Crippen molar-refractivity contribution in [2.75, 3.05) is 7.11 Å². The molecule has 3 N–H and O–H groups in total. The molecule has 0 amide bonds. The van der Waals surface area contributed by atoms with E-state index in [1.807, 2.05) is 54.6 Å². The van der Waals surface area contributed by atoms with Crippen LogP contribution in [0.25, 0.3) is 27.7 Å². The van der Waals surface area contributed by atoms with E-state index >= 15 is 0 Å². The maximum atomic E-state index is 11.1. The Bertz CT molecular complexity index is 1140. The highest BCUT2D eigenvalue weighted by atomic mass is 16.5. The molecule has 4 rings (SSSR count). The number of aromatic hydroxyl groups is 1. The highest BCUT2D eigenvalue weighted by molar-refractivity contribution is 5.89. The van der Waals surface area contributed by atoms with Gasteiger partial charge in [0.15, 0.2) is 5.88 Å². The van der Waals surface area contributed by atoms with Gasteiger partial charge in [-0.2, -0.15) is 0 Å². The molecule has 0 aliphatic carbocycles. The minimum atomic E-state index is -0.829. The largest absolute Gasteiger partial charge is 0.497 e. The van der Waals surface area contributed by atoms with Gasteiger partial charge in [0.25, 0.3) is 0 Å². The first-order chi connectivity index (χ1) is 13.6. The highest BCUT2D eigenvalue weighted by Crippen LogP contribution is 2.32. The molecular weight excluding hydrogens is 356 g/mol. The molecule has 0 aliphatic rings. The van der Waals surface area contributed by atoms with Gasteiger partial charge in [0.05, 0.1) is 19.2 Å². The van der Waals surface area contributed by atoms with Gasteiger partial charge in [-0.05, 0) is 66.6 Å². The molecule has 0 spiro atoms. The summed E-state index contributed by atoms with van der Waals surface area (Å²) >= 11 is 0. The summed E-state index contributed by atoms with van der Waals surface area (Å²) in [6, 6.07) is 17.5. The minimum absolute atomic E-state index is 0.0548. The Kier molecular flexibility index (Phi) is 4.53. The van der Waals surface area contributed by atoms with Crippen molar-refractivity contribution in [2.45, 2.75) is 12.8 Å². The highest BCUT2D eigenvalue weighted by Gasteiger charge is 2.14. The predicted octanol–water partition coefficient (Wildman–Crippen LogP) is 4.36. The number of benzene rings is 2. The molecule has 0 saturated heterocycles. The molecule has 2 aromatic carbocycles. The Labute approximate surface area is 161 Å². The Morgan fingerprint density at radius 1 is 1.11 bits per heavy atom. The molecule has 0 saturated carbocycles. The van der Waals surface area contributed by atoms with Gasteiger partial charge in [0, 0.05) is 28.4 Å². The number of nitrogens with zero attached hydrogens (tertiary/aromatic N) is 1. The zero-order chi connectivity index (χ0) is 19.7. The number of hydrogen-bond acceptors (Lipinski definition) is 3. The van der Waals surface area contributed by atoms with Crippen LogP contribution in [0.4, 0.5) is 0 Å². The molecule has 2 aromatic heterocycles. The molecule has 0 aliphatic heterocycles. The second-order valence-corrected chi connectivity index (χ2v) is 6.58. The van der Waals surface area contributed by atoms with Crippen LogP contribution in [0.15, 0.2) is 60.8 Å². The quantitative estimate of drug-likeness (QED) is 0.467. The number of ether oxygens (including phenoxy) is 1. The first kappa shape index (κ1) is 17.7. The lowest BCUT2D eigenvalue weighted by molar-refractivity contribution is -0.136. The molecule has 6 nitrogen and oxygen atoms in total. The van der Waals surface area contributed by atoms with E-state index in [1.54, 1.807) is 13.3 Å². The van der Waals surface area contributed by atoms with Gasteiger partial charge in [-0.15, -0.1) is 0 Å². The smallest absolute Gasteiger partial charge is 0.303 e. The molecule has 142 valence electrons. The van der Waals surface area contributed by atoms with Crippen molar-refractivity contribution in [1.29, 1.82) is 0 Å². The lowest BCUT2D eigenvalue weighted by atomic mass is 10.1. The lowest BCUT2D eigenvalue weighted by Crippen LogP contribution is -2.05. The number of rotatable bonds is 6. The number of carbonyl (C=O) groups is 1. The average molecular weight is 376 g/mol. The monoisotopic (exact) mass is 376 g/mol. The van der Waals surface area contributed by atoms with Crippen LogP contribution < -0.4 is 4.74 Å². The van der Waals surface area contributed by atoms with Crippen LogP contribution in [-0.4, -0.2) is 32.8 Å². The van der Waals surface area contributed by atoms with Crippen molar-refractivity contribution in [3.05, 3.63) is 66.5 Å². The number of carboxylic acid groups (broad SMARTS) is 1. The van der Waals surface area contributed by atoms with Crippen molar-refractivity contribution < 1.29 is 19.7 Å². The third kappa shape index (κ3) is 3.20. The van der Waals surface area contributed by atoms with Crippen LogP contribution in [0, 0.1) is 0 Å². The molecule has 4 aromatic rings. The summed E-state index contributed by atoms with van der Waals surface area (Å²) in [5.74, 6) is 0.0810. The Hall–Kier alpha value is -3.67. The fourth-order valence-corrected chi connectivity index (χ4v) is 3.45. The fourth-order valence-electron chi connectivity index (χ4n) is 3.45. The van der Waals surface area contributed by atoms with Crippen LogP contribution in [0.2, 0.25) is 0 Å². The number of hydrogen-bond donors (Lipinski definition) is 3. The van der Waals surface area contributed by atoms with E-state index in [1.165, 1.54) is 0 Å². The van der Waals surface area contributed by atoms with Gasteiger partial charge in [-0.25, -0.2) is 0 Å². The number of fused-ring (bicyclic) bond motifs is 1. The number of carboxylic acids is 1. The second kappa shape index (κ2) is 7.15. The van der Waals surface area contributed by atoms with Crippen molar-refractivity contribution >= 4 is 16.7 Å². The van der Waals surface area contributed by atoms with Crippen molar-refractivity contribution in [3.8, 4) is 28.6 Å². The number of aromatic amines is 1. The van der Waals surface area contributed by atoms with E-state index < -0.39 is 5.97 Å². The zero-order valence-electron chi connectivity index (χ0n) is 15.3. The van der Waals surface area contributed by atoms with Crippen molar-refractivity contribution in [3.63, 3.8) is 0 Å². The summed E-state index contributed by atoms with van der Waals surface area (Å²) in [5, 5.41) is 20.6. The summed E-state index contributed by atoms with van der Waals surface area (Å²) in [4.78, 5) is 13.9. The molecular formula is C22H20N2O4. The number of aromatic nitrogens is 2. The molecule has 6 heteroatoms. The maximum Gasteiger partial charge on any atom is 0.303 e. The van der Waals surface area contributed by atoms with E-state index in [2.05, 4.69) is 9.55 Å². The first-order valence-electron chi connectivity index (χ1n) is 8.94. The summed E-state index contributed by atoms with van der Waals surface area (Å²) in [6.45, 7) is 0. The normalized spacial score (nSPS) is 11.0. The van der Waals surface area contributed by atoms with Crippen molar-refractivity contribution in [2.24, 2.45) is 0 Å². The standard InChI is InChI=1S/C22H20N2O4/c1-28-18-7-2-14(3-8-18)20-10-5-16(6-11-21(25)26)24(20)17-4-9-19-15(12-17)13-23-22(19)27/h2-5,7-10,12-13,23,27H,6,11H2,1H3,(H,25,26). The van der Waals surface area contributed by atoms with Gasteiger partial charge in [-0.1, -0.05) is 0 Å². The minimum Gasteiger partial charge on any atom is -0.497 e. The summed E-state index contributed by atoms with van der Waals surface area (Å²) < 4.78 is 7.31.